The molecule has 172 valence electrons. The highest BCUT2D eigenvalue weighted by Gasteiger charge is 2.35. The third kappa shape index (κ3) is 4.30. The largest absolute Gasteiger partial charge is 0.459 e. The number of nitrogens with zero attached hydrogens (tertiary/aromatic N) is 2. The summed E-state index contributed by atoms with van der Waals surface area (Å²) in [7, 11) is -3.30. The van der Waals surface area contributed by atoms with Crippen molar-refractivity contribution < 1.29 is 22.4 Å². The highest BCUT2D eigenvalue weighted by Crippen LogP contribution is 2.39. The number of benzene rings is 2. The lowest BCUT2D eigenvalue weighted by Gasteiger charge is -2.40. The summed E-state index contributed by atoms with van der Waals surface area (Å²) in [5.74, 6) is -0.0597. The Hall–Kier alpha value is -3.39. The molecule has 1 aliphatic heterocycles. The van der Waals surface area contributed by atoms with Gasteiger partial charge in [-0.2, -0.15) is 0 Å². The van der Waals surface area contributed by atoms with Crippen LogP contribution in [-0.4, -0.2) is 38.6 Å². The van der Waals surface area contributed by atoms with Crippen LogP contribution >= 0.6 is 0 Å². The molecular weight excluding hydrogens is 440 g/mol. The van der Waals surface area contributed by atoms with E-state index in [0.29, 0.717) is 24.3 Å². The smallest absolute Gasteiger partial charge is 0.294 e. The molecule has 0 bridgehead atoms. The second kappa shape index (κ2) is 8.86. The highest BCUT2D eigenvalue weighted by atomic mass is 32.2. The van der Waals surface area contributed by atoms with E-state index in [2.05, 4.69) is 0 Å². The number of amides is 2. The molecule has 0 spiro atoms. The van der Waals surface area contributed by atoms with Gasteiger partial charge in [0.2, 0.25) is 5.91 Å². The van der Waals surface area contributed by atoms with Gasteiger partial charge in [0, 0.05) is 13.5 Å². The van der Waals surface area contributed by atoms with Gasteiger partial charge in [0.1, 0.15) is 0 Å². The molecule has 0 radical (unpaired) electrons. The third-order valence-corrected chi connectivity index (χ3v) is 7.69. The number of furan rings is 1. The lowest BCUT2D eigenvalue weighted by atomic mass is 10.0. The first-order valence-corrected chi connectivity index (χ1v) is 12.5. The van der Waals surface area contributed by atoms with Crippen LogP contribution in [0.1, 0.15) is 37.7 Å². The Morgan fingerprint density at radius 1 is 1.03 bits per heavy atom. The molecule has 1 atom stereocenters. The predicted octanol–water partition coefficient (Wildman–Crippen LogP) is 4.53. The second-order valence-electron chi connectivity index (χ2n) is 8.18. The van der Waals surface area contributed by atoms with E-state index in [1.165, 1.54) is 13.2 Å². The molecule has 0 saturated carbocycles. The van der Waals surface area contributed by atoms with Crippen molar-refractivity contribution in [1.82, 2.24) is 0 Å². The summed E-state index contributed by atoms with van der Waals surface area (Å²) in [5, 5.41) is 0. The number of sulfone groups is 1. The van der Waals surface area contributed by atoms with E-state index >= 15 is 0 Å². The number of rotatable bonds is 5. The van der Waals surface area contributed by atoms with Crippen LogP contribution in [0.4, 0.5) is 11.4 Å². The molecular formula is C25H26N2O5S. The lowest BCUT2D eigenvalue weighted by Crippen LogP contribution is -2.51. The molecule has 1 aromatic heterocycles. The molecule has 4 rings (SSSR count). The van der Waals surface area contributed by atoms with E-state index in [4.69, 9.17) is 4.42 Å². The van der Waals surface area contributed by atoms with Crippen LogP contribution in [0.15, 0.2) is 70.2 Å². The highest BCUT2D eigenvalue weighted by molar-refractivity contribution is 7.91. The standard InChI is InChI=1S/C25H26N2O5S/c1-4-14-33(30,31)21-10-7-19(8-11-21)20-9-12-22-23(15-20)26(16-17(2)27(22)18(3)28)25(29)24-6-5-13-32-24/h5-13,15,17H,4,14,16H2,1-3H3/t17-/m0/s1. The first kappa shape index (κ1) is 22.8. The van der Waals surface area contributed by atoms with Crippen molar-refractivity contribution in [3.05, 3.63) is 66.6 Å². The SMILES string of the molecule is CCCS(=O)(=O)c1ccc(-c2ccc3c(c2)N(C(=O)c2ccco2)C[C@H](C)N3C(C)=O)cc1. The fraction of sp³-hybridized carbons (Fsp3) is 0.280. The van der Waals surface area contributed by atoms with Crippen LogP contribution in [-0.2, 0) is 14.6 Å². The molecule has 7 nitrogen and oxygen atoms in total. The number of carbonyl (C=O) groups excluding carboxylic acids is 2. The minimum Gasteiger partial charge on any atom is -0.459 e. The molecule has 0 fully saturated rings. The minimum atomic E-state index is -3.30. The molecule has 2 aromatic carbocycles. The first-order chi connectivity index (χ1) is 15.7. The maximum Gasteiger partial charge on any atom is 0.294 e. The monoisotopic (exact) mass is 466 g/mol. The molecule has 0 N–H and O–H groups in total. The van der Waals surface area contributed by atoms with E-state index in [1.54, 1.807) is 46.2 Å². The fourth-order valence-electron chi connectivity index (χ4n) is 4.25. The van der Waals surface area contributed by atoms with Crippen molar-refractivity contribution in [3.8, 4) is 11.1 Å². The second-order valence-corrected chi connectivity index (χ2v) is 10.3. The number of carbonyl (C=O) groups is 2. The molecule has 0 saturated heterocycles. The van der Waals surface area contributed by atoms with Gasteiger partial charge < -0.3 is 14.2 Å². The van der Waals surface area contributed by atoms with E-state index in [9.17, 15) is 18.0 Å². The summed E-state index contributed by atoms with van der Waals surface area (Å²) in [5.41, 5.74) is 2.87. The van der Waals surface area contributed by atoms with E-state index < -0.39 is 9.84 Å². The van der Waals surface area contributed by atoms with Crippen molar-refractivity contribution in [2.24, 2.45) is 0 Å². The Morgan fingerprint density at radius 3 is 2.33 bits per heavy atom. The molecule has 0 aliphatic carbocycles. The van der Waals surface area contributed by atoms with E-state index in [1.807, 2.05) is 32.0 Å². The number of hydrogen-bond donors (Lipinski definition) is 0. The van der Waals surface area contributed by atoms with E-state index in [-0.39, 0.29) is 34.3 Å². The quantitative estimate of drug-likeness (QED) is 0.551. The van der Waals surface area contributed by atoms with Crippen LogP contribution in [0.25, 0.3) is 11.1 Å². The summed E-state index contributed by atoms with van der Waals surface area (Å²) >= 11 is 0. The molecule has 1 aliphatic rings. The molecule has 33 heavy (non-hydrogen) atoms. The number of hydrogen-bond acceptors (Lipinski definition) is 5. The topological polar surface area (TPSA) is 87.9 Å². The average molecular weight is 467 g/mol. The summed E-state index contributed by atoms with van der Waals surface area (Å²) in [6.07, 6.45) is 2.01. The maximum atomic E-state index is 13.2. The van der Waals surface area contributed by atoms with Crippen LogP contribution < -0.4 is 9.80 Å². The van der Waals surface area contributed by atoms with Crippen LogP contribution in [0.5, 0.6) is 0 Å². The van der Waals surface area contributed by atoms with Gasteiger partial charge in [0.25, 0.3) is 5.91 Å². The zero-order valence-electron chi connectivity index (χ0n) is 18.8. The van der Waals surface area contributed by atoms with Crippen LogP contribution in [0, 0.1) is 0 Å². The van der Waals surface area contributed by atoms with Gasteiger partial charge in [-0.05, 0) is 60.9 Å². The van der Waals surface area contributed by atoms with Gasteiger partial charge in [0.05, 0.1) is 34.3 Å². The lowest BCUT2D eigenvalue weighted by molar-refractivity contribution is -0.117. The molecule has 8 heteroatoms. The Labute approximate surface area is 193 Å². The minimum absolute atomic E-state index is 0.105. The summed E-state index contributed by atoms with van der Waals surface area (Å²) in [6.45, 7) is 5.56. The van der Waals surface area contributed by atoms with Crippen molar-refractivity contribution in [2.75, 3.05) is 22.1 Å². The fourth-order valence-corrected chi connectivity index (χ4v) is 5.58. The van der Waals surface area contributed by atoms with Crippen LogP contribution in [0.2, 0.25) is 0 Å². The Balaban J connectivity index is 1.77. The van der Waals surface area contributed by atoms with Gasteiger partial charge >= 0.3 is 0 Å². The Morgan fingerprint density at radius 2 is 1.73 bits per heavy atom. The molecule has 0 unspecified atom stereocenters. The number of anilines is 2. The van der Waals surface area contributed by atoms with Gasteiger partial charge in [-0.25, -0.2) is 8.42 Å². The van der Waals surface area contributed by atoms with Gasteiger partial charge in [-0.3, -0.25) is 9.59 Å². The Bertz CT molecular complexity index is 1280. The summed E-state index contributed by atoms with van der Waals surface area (Å²) < 4.78 is 30.0. The molecule has 2 amide bonds. The van der Waals surface area contributed by atoms with Gasteiger partial charge in [-0.15, -0.1) is 0 Å². The van der Waals surface area contributed by atoms with Crippen molar-refractivity contribution in [1.29, 1.82) is 0 Å². The number of fused-ring (bicyclic) bond motifs is 1. The van der Waals surface area contributed by atoms with Gasteiger partial charge in [0.15, 0.2) is 15.6 Å². The third-order valence-electron chi connectivity index (χ3n) is 5.75. The molecule has 3 aromatic rings. The summed E-state index contributed by atoms with van der Waals surface area (Å²) in [6, 6.07) is 15.4. The van der Waals surface area contributed by atoms with E-state index in [0.717, 1.165) is 11.1 Å². The Kier molecular flexibility index (Phi) is 6.12. The van der Waals surface area contributed by atoms with Gasteiger partial charge in [-0.1, -0.05) is 25.1 Å². The molecule has 2 heterocycles. The van der Waals surface area contributed by atoms with Crippen molar-refractivity contribution in [2.45, 2.75) is 38.1 Å². The normalized spacial score (nSPS) is 15.9. The predicted molar refractivity (Wildman–Crippen MR) is 127 cm³/mol. The maximum absolute atomic E-state index is 13.2. The average Bonchev–Trinajstić information content (AvgIpc) is 3.32. The first-order valence-electron chi connectivity index (χ1n) is 10.9. The van der Waals surface area contributed by atoms with Crippen LogP contribution in [0.3, 0.4) is 0 Å². The van der Waals surface area contributed by atoms with Crippen molar-refractivity contribution >= 4 is 33.0 Å². The van der Waals surface area contributed by atoms with Crippen molar-refractivity contribution in [3.63, 3.8) is 0 Å². The zero-order chi connectivity index (χ0) is 23.8. The summed E-state index contributed by atoms with van der Waals surface area (Å²) in [4.78, 5) is 29.1. The zero-order valence-corrected chi connectivity index (χ0v) is 19.6.